The molecule has 1 aromatic heterocycles. The number of alkyl halides is 2. The standard InChI is InChI=1S/C17H19ClF2N4O/c1-10(2)11-6-23-17(24-7-11)25-9-12(21)8-22-13-3-4-15(18)14(5-13)16(19)20/h3-8,10,16,22H,9,21H2,1-2H3/b12-8-. The molecule has 0 atom stereocenters. The van der Waals surface area contributed by atoms with Gasteiger partial charge in [0.2, 0.25) is 0 Å². The van der Waals surface area contributed by atoms with E-state index in [1.807, 2.05) is 13.8 Å². The highest BCUT2D eigenvalue weighted by atomic mass is 35.5. The maximum absolute atomic E-state index is 12.8. The summed E-state index contributed by atoms with van der Waals surface area (Å²) in [6, 6.07) is 4.46. The van der Waals surface area contributed by atoms with E-state index in [1.54, 1.807) is 18.5 Å². The molecule has 0 saturated carbocycles. The average Bonchev–Trinajstić information content (AvgIpc) is 2.59. The summed E-state index contributed by atoms with van der Waals surface area (Å²) < 4.78 is 31.0. The number of nitrogens with two attached hydrogens (primary N) is 1. The molecule has 0 aliphatic rings. The Kier molecular flexibility index (Phi) is 6.52. The molecule has 3 N–H and O–H groups in total. The van der Waals surface area contributed by atoms with Gasteiger partial charge in [-0.15, -0.1) is 0 Å². The van der Waals surface area contributed by atoms with E-state index < -0.39 is 6.43 Å². The van der Waals surface area contributed by atoms with Crippen LogP contribution in [0.3, 0.4) is 0 Å². The monoisotopic (exact) mass is 368 g/mol. The molecule has 0 radical (unpaired) electrons. The summed E-state index contributed by atoms with van der Waals surface area (Å²) in [6.07, 6.45) is 2.21. The molecule has 0 spiro atoms. The summed E-state index contributed by atoms with van der Waals surface area (Å²) in [5.74, 6) is 0.334. The Labute approximate surface area is 149 Å². The van der Waals surface area contributed by atoms with E-state index in [9.17, 15) is 8.78 Å². The van der Waals surface area contributed by atoms with Gasteiger partial charge in [-0.05, 0) is 29.7 Å². The van der Waals surface area contributed by atoms with Gasteiger partial charge in [0.05, 0.1) is 5.70 Å². The number of nitrogens with one attached hydrogen (secondary N) is 1. The highest BCUT2D eigenvalue weighted by molar-refractivity contribution is 6.31. The minimum absolute atomic E-state index is 0.0165. The van der Waals surface area contributed by atoms with Crippen LogP contribution in [0.25, 0.3) is 0 Å². The predicted octanol–water partition coefficient (Wildman–Crippen LogP) is 4.48. The lowest BCUT2D eigenvalue weighted by molar-refractivity contribution is 0.151. The normalized spacial score (nSPS) is 11.9. The van der Waals surface area contributed by atoms with Crippen LogP contribution in [0.15, 0.2) is 42.5 Å². The first-order valence-electron chi connectivity index (χ1n) is 7.60. The van der Waals surface area contributed by atoms with Crippen molar-refractivity contribution in [3.05, 3.63) is 58.6 Å². The minimum atomic E-state index is -2.65. The Morgan fingerprint density at radius 2 is 2.00 bits per heavy atom. The highest BCUT2D eigenvalue weighted by Gasteiger charge is 2.12. The van der Waals surface area contributed by atoms with Gasteiger partial charge in [-0.1, -0.05) is 25.4 Å². The first-order valence-corrected chi connectivity index (χ1v) is 7.98. The Bertz CT molecular complexity index is 736. The Hall–Kier alpha value is -2.41. The number of hydrogen-bond acceptors (Lipinski definition) is 5. The molecule has 25 heavy (non-hydrogen) atoms. The van der Waals surface area contributed by atoms with Gasteiger partial charge in [0, 0.05) is 34.9 Å². The third-order valence-electron chi connectivity index (χ3n) is 3.34. The van der Waals surface area contributed by atoms with Crippen molar-refractivity contribution >= 4 is 17.3 Å². The van der Waals surface area contributed by atoms with Crippen molar-refractivity contribution in [2.45, 2.75) is 26.2 Å². The fraction of sp³-hybridized carbons (Fsp3) is 0.294. The Morgan fingerprint density at radius 3 is 2.60 bits per heavy atom. The number of aromatic nitrogens is 2. The number of nitrogens with zero attached hydrogens (tertiary/aromatic N) is 2. The molecule has 8 heteroatoms. The van der Waals surface area contributed by atoms with Gasteiger partial charge >= 0.3 is 6.01 Å². The maximum atomic E-state index is 12.8. The molecule has 0 saturated heterocycles. The van der Waals surface area contributed by atoms with E-state index in [4.69, 9.17) is 22.1 Å². The van der Waals surface area contributed by atoms with E-state index in [0.717, 1.165) is 5.56 Å². The molecule has 0 amide bonds. The Balaban J connectivity index is 1.92. The van der Waals surface area contributed by atoms with Crippen LogP contribution in [-0.2, 0) is 0 Å². The van der Waals surface area contributed by atoms with Crippen LogP contribution in [0.5, 0.6) is 6.01 Å². The van der Waals surface area contributed by atoms with Crippen LogP contribution in [-0.4, -0.2) is 16.6 Å². The molecular weight excluding hydrogens is 350 g/mol. The molecule has 0 bridgehead atoms. The largest absolute Gasteiger partial charge is 0.457 e. The number of ether oxygens (including phenoxy) is 1. The lowest BCUT2D eigenvalue weighted by atomic mass is 10.1. The van der Waals surface area contributed by atoms with Gasteiger partial charge in [-0.25, -0.2) is 18.7 Å². The van der Waals surface area contributed by atoms with E-state index in [0.29, 0.717) is 17.3 Å². The first-order chi connectivity index (χ1) is 11.9. The van der Waals surface area contributed by atoms with Crippen LogP contribution in [0.1, 0.15) is 37.3 Å². The molecule has 1 heterocycles. The summed E-state index contributed by atoms with van der Waals surface area (Å²) in [4.78, 5) is 8.19. The smallest absolute Gasteiger partial charge is 0.316 e. The second kappa shape index (κ2) is 8.62. The zero-order valence-corrected chi connectivity index (χ0v) is 14.6. The van der Waals surface area contributed by atoms with Crippen LogP contribution < -0.4 is 15.8 Å². The van der Waals surface area contributed by atoms with Crippen molar-refractivity contribution in [1.29, 1.82) is 0 Å². The average molecular weight is 369 g/mol. The summed E-state index contributed by atoms with van der Waals surface area (Å²) in [5, 5.41) is 2.84. The third kappa shape index (κ3) is 5.56. The van der Waals surface area contributed by atoms with Gasteiger partial charge in [0.25, 0.3) is 6.43 Å². The molecule has 134 valence electrons. The molecule has 1 aromatic carbocycles. The third-order valence-corrected chi connectivity index (χ3v) is 3.68. The van der Waals surface area contributed by atoms with Crippen molar-refractivity contribution in [3.8, 4) is 6.01 Å². The molecule has 2 aromatic rings. The number of benzene rings is 1. The van der Waals surface area contributed by atoms with Gasteiger partial charge in [-0.2, -0.15) is 0 Å². The zero-order chi connectivity index (χ0) is 18.4. The quantitative estimate of drug-likeness (QED) is 0.753. The van der Waals surface area contributed by atoms with E-state index >= 15 is 0 Å². The molecule has 0 aliphatic carbocycles. The fourth-order valence-corrected chi connectivity index (χ4v) is 2.07. The SMILES string of the molecule is CC(C)c1cnc(OC/C(N)=C/Nc2ccc(Cl)c(C(F)F)c2)nc1. The molecule has 0 unspecified atom stereocenters. The lowest BCUT2D eigenvalue weighted by Gasteiger charge is -2.09. The fourth-order valence-electron chi connectivity index (χ4n) is 1.87. The second-order valence-corrected chi connectivity index (χ2v) is 6.05. The van der Waals surface area contributed by atoms with Crippen molar-refractivity contribution in [1.82, 2.24) is 9.97 Å². The lowest BCUT2D eigenvalue weighted by Crippen LogP contribution is -2.12. The second-order valence-electron chi connectivity index (χ2n) is 5.64. The maximum Gasteiger partial charge on any atom is 0.316 e. The topological polar surface area (TPSA) is 73.1 Å². The van der Waals surface area contributed by atoms with Gasteiger partial charge in [-0.3, -0.25) is 0 Å². The molecular formula is C17H19ClF2N4O. The molecule has 0 aliphatic heterocycles. The van der Waals surface area contributed by atoms with Gasteiger partial charge in [0.1, 0.15) is 6.61 Å². The van der Waals surface area contributed by atoms with Crippen molar-refractivity contribution in [2.24, 2.45) is 5.73 Å². The summed E-state index contributed by atoms with van der Waals surface area (Å²) >= 11 is 5.72. The zero-order valence-electron chi connectivity index (χ0n) is 13.8. The first kappa shape index (κ1) is 18.9. The van der Waals surface area contributed by atoms with Gasteiger partial charge < -0.3 is 15.8 Å². The van der Waals surface area contributed by atoms with Crippen LogP contribution in [0, 0.1) is 0 Å². The summed E-state index contributed by atoms with van der Waals surface area (Å²) in [6.45, 7) is 4.15. The van der Waals surface area contributed by atoms with E-state index in [1.165, 1.54) is 18.3 Å². The number of rotatable bonds is 7. The highest BCUT2D eigenvalue weighted by Crippen LogP contribution is 2.29. The summed E-state index contributed by atoms with van der Waals surface area (Å²) in [7, 11) is 0. The van der Waals surface area contributed by atoms with Crippen molar-refractivity contribution < 1.29 is 13.5 Å². The predicted molar refractivity (Wildman–Crippen MR) is 93.9 cm³/mol. The Morgan fingerprint density at radius 1 is 1.32 bits per heavy atom. The van der Waals surface area contributed by atoms with Crippen LogP contribution >= 0.6 is 11.6 Å². The van der Waals surface area contributed by atoms with Crippen LogP contribution in [0.4, 0.5) is 14.5 Å². The number of anilines is 1. The number of halogens is 3. The van der Waals surface area contributed by atoms with E-state index in [2.05, 4.69) is 15.3 Å². The van der Waals surface area contributed by atoms with Gasteiger partial charge in [0.15, 0.2) is 0 Å². The molecule has 2 rings (SSSR count). The van der Waals surface area contributed by atoms with Crippen molar-refractivity contribution in [2.75, 3.05) is 11.9 Å². The van der Waals surface area contributed by atoms with E-state index in [-0.39, 0.29) is 23.2 Å². The minimum Gasteiger partial charge on any atom is -0.457 e. The van der Waals surface area contributed by atoms with Crippen molar-refractivity contribution in [3.63, 3.8) is 0 Å². The molecule has 5 nitrogen and oxygen atoms in total. The number of hydrogen-bond donors (Lipinski definition) is 2. The van der Waals surface area contributed by atoms with Crippen LogP contribution in [0.2, 0.25) is 5.02 Å². The molecule has 0 fully saturated rings. The summed E-state index contributed by atoms with van der Waals surface area (Å²) in [5.41, 5.74) is 7.38.